The highest BCUT2D eigenvalue weighted by atomic mass is 79.9. The standard InChI is InChI=1S/C25H22BrN3O6/c1-3-34-22-14-16(4-13-21(22)35-25(32)17-5-11-20(33-2)12-6-17)15-27-29-24(31)23(30)28-19-9-7-18(26)8-10-19/h4-15H,3H2,1-2H3,(H,28,30)(H,29,31)/b27-15+. The minimum Gasteiger partial charge on any atom is -0.497 e. The predicted octanol–water partition coefficient (Wildman–Crippen LogP) is 4.16. The van der Waals surface area contributed by atoms with Gasteiger partial charge in [0, 0.05) is 10.2 Å². The maximum Gasteiger partial charge on any atom is 0.343 e. The molecule has 0 aliphatic heterocycles. The highest BCUT2D eigenvalue weighted by Crippen LogP contribution is 2.29. The maximum atomic E-state index is 12.5. The van der Waals surface area contributed by atoms with Crippen LogP contribution in [-0.4, -0.2) is 37.7 Å². The molecule has 3 aromatic rings. The van der Waals surface area contributed by atoms with Gasteiger partial charge in [-0.05, 0) is 79.2 Å². The molecule has 0 bridgehead atoms. The van der Waals surface area contributed by atoms with E-state index in [-0.39, 0.29) is 5.75 Å². The number of hydrazone groups is 1. The van der Waals surface area contributed by atoms with Crippen LogP contribution in [0.1, 0.15) is 22.8 Å². The molecule has 0 radical (unpaired) electrons. The Morgan fingerprint density at radius 1 is 0.943 bits per heavy atom. The van der Waals surface area contributed by atoms with E-state index in [0.29, 0.717) is 34.9 Å². The summed E-state index contributed by atoms with van der Waals surface area (Å²) in [5, 5.41) is 6.27. The molecule has 180 valence electrons. The number of hydrogen-bond acceptors (Lipinski definition) is 7. The van der Waals surface area contributed by atoms with Crippen LogP contribution < -0.4 is 25.0 Å². The molecule has 0 saturated carbocycles. The van der Waals surface area contributed by atoms with Crippen molar-refractivity contribution in [1.29, 1.82) is 0 Å². The number of rotatable bonds is 8. The second-order valence-electron chi connectivity index (χ2n) is 6.92. The Hall–Kier alpha value is -4.18. The first kappa shape index (κ1) is 25.4. The van der Waals surface area contributed by atoms with Crippen molar-refractivity contribution in [1.82, 2.24) is 5.43 Å². The average Bonchev–Trinajstić information content (AvgIpc) is 2.87. The molecule has 0 unspecified atom stereocenters. The highest BCUT2D eigenvalue weighted by molar-refractivity contribution is 9.10. The van der Waals surface area contributed by atoms with Gasteiger partial charge in [0.2, 0.25) is 0 Å². The molecule has 0 aliphatic carbocycles. The fourth-order valence-electron chi connectivity index (χ4n) is 2.78. The lowest BCUT2D eigenvalue weighted by atomic mass is 10.2. The lowest BCUT2D eigenvalue weighted by molar-refractivity contribution is -0.136. The summed E-state index contributed by atoms with van der Waals surface area (Å²) in [6.45, 7) is 2.13. The van der Waals surface area contributed by atoms with Crippen LogP contribution >= 0.6 is 15.9 Å². The Labute approximate surface area is 210 Å². The van der Waals surface area contributed by atoms with Crippen LogP contribution in [0, 0.1) is 0 Å². The lowest BCUT2D eigenvalue weighted by Gasteiger charge is -2.11. The van der Waals surface area contributed by atoms with Crippen LogP contribution in [0.3, 0.4) is 0 Å². The minimum absolute atomic E-state index is 0.225. The van der Waals surface area contributed by atoms with Gasteiger partial charge in [0.15, 0.2) is 11.5 Å². The molecule has 2 N–H and O–H groups in total. The number of benzene rings is 3. The third-order valence-corrected chi connectivity index (χ3v) is 5.01. The van der Waals surface area contributed by atoms with Gasteiger partial charge >= 0.3 is 17.8 Å². The van der Waals surface area contributed by atoms with E-state index in [1.807, 2.05) is 0 Å². The third-order valence-electron chi connectivity index (χ3n) is 4.48. The summed E-state index contributed by atoms with van der Waals surface area (Å²) >= 11 is 3.29. The molecule has 10 heteroatoms. The van der Waals surface area contributed by atoms with Crippen LogP contribution in [0.15, 0.2) is 76.3 Å². The van der Waals surface area contributed by atoms with Crippen molar-refractivity contribution in [3.63, 3.8) is 0 Å². The molecular weight excluding hydrogens is 518 g/mol. The van der Waals surface area contributed by atoms with Gasteiger partial charge in [-0.3, -0.25) is 9.59 Å². The van der Waals surface area contributed by atoms with Crippen LogP contribution in [0.4, 0.5) is 5.69 Å². The first-order chi connectivity index (χ1) is 16.9. The fourth-order valence-corrected chi connectivity index (χ4v) is 3.05. The van der Waals surface area contributed by atoms with E-state index in [2.05, 4.69) is 31.8 Å². The van der Waals surface area contributed by atoms with Crippen molar-refractivity contribution < 1.29 is 28.6 Å². The largest absolute Gasteiger partial charge is 0.497 e. The quantitative estimate of drug-likeness (QED) is 0.146. The number of carbonyl (C=O) groups excluding carboxylic acids is 3. The number of hydrogen-bond donors (Lipinski definition) is 2. The molecule has 3 aromatic carbocycles. The molecule has 0 aromatic heterocycles. The zero-order valence-corrected chi connectivity index (χ0v) is 20.5. The van der Waals surface area contributed by atoms with Crippen molar-refractivity contribution in [2.75, 3.05) is 19.0 Å². The van der Waals surface area contributed by atoms with E-state index in [9.17, 15) is 14.4 Å². The van der Waals surface area contributed by atoms with Crippen LogP contribution in [0.2, 0.25) is 0 Å². The number of nitrogens with one attached hydrogen (secondary N) is 2. The lowest BCUT2D eigenvalue weighted by Crippen LogP contribution is -2.32. The Balaban J connectivity index is 1.62. The van der Waals surface area contributed by atoms with Gasteiger partial charge in [-0.15, -0.1) is 0 Å². The molecule has 0 fully saturated rings. The molecule has 35 heavy (non-hydrogen) atoms. The van der Waals surface area contributed by atoms with Crippen molar-refractivity contribution in [3.8, 4) is 17.2 Å². The van der Waals surface area contributed by atoms with Gasteiger partial charge in [-0.1, -0.05) is 15.9 Å². The number of nitrogens with zero attached hydrogens (tertiary/aromatic N) is 1. The van der Waals surface area contributed by atoms with E-state index < -0.39 is 17.8 Å². The van der Waals surface area contributed by atoms with Crippen molar-refractivity contribution in [3.05, 3.63) is 82.3 Å². The van der Waals surface area contributed by atoms with Gasteiger partial charge in [0.05, 0.1) is 25.5 Å². The Morgan fingerprint density at radius 2 is 1.66 bits per heavy atom. The summed E-state index contributed by atoms with van der Waals surface area (Å²) in [6.07, 6.45) is 1.34. The van der Waals surface area contributed by atoms with E-state index in [4.69, 9.17) is 14.2 Å². The summed E-state index contributed by atoms with van der Waals surface area (Å²) in [6, 6.07) is 18.0. The van der Waals surface area contributed by atoms with Crippen LogP contribution in [-0.2, 0) is 9.59 Å². The number of carbonyl (C=O) groups is 3. The van der Waals surface area contributed by atoms with Crippen LogP contribution in [0.5, 0.6) is 17.2 Å². The molecule has 0 atom stereocenters. The maximum absolute atomic E-state index is 12.5. The summed E-state index contributed by atoms with van der Waals surface area (Å²) in [5.74, 6) is -1.18. The van der Waals surface area contributed by atoms with Gasteiger partial charge < -0.3 is 19.5 Å². The monoisotopic (exact) mass is 539 g/mol. The Kier molecular flexibility index (Phi) is 8.96. The smallest absolute Gasteiger partial charge is 0.343 e. The number of anilines is 1. The molecule has 0 spiro atoms. The first-order valence-electron chi connectivity index (χ1n) is 10.4. The summed E-state index contributed by atoms with van der Waals surface area (Å²) in [5.41, 5.74) is 3.53. The summed E-state index contributed by atoms with van der Waals surface area (Å²) < 4.78 is 17.0. The Bertz CT molecular complexity index is 1230. The van der Waals surface area contributed by atoms with E-state index in [1.165, 1.54) is 13.3 Å². The van der Waals surface area contributed by atoms with Crippen molar-refractivity contribution in [2.45, 2.75) is 6.92 Å². The second-order valence-corrected chi connectivity index (χ2v) is 7.83. The topological polar surface area (TPSA) is 115 Å². The van der Waals surface area contributed by atoms with E-state index in [1.54, 1.807) is 73.7 Å². The van der Waals surface area contributed by atoms with Gasteiger partial charge in [-0.2, -0.15) is 5.10 Å². The third kappa shape index (κ3) is 7.41. The van der Waals surface area contributed by atoms with Gasteiger partial charge in [0.25, 0.3) is 0 Å². The van der Waals surface area contributed by atoms with Gasteiger partial charge in [0.1, 0.15) is 5.75 Å². The van der Waals surface area contributed by atoms with E-state index in [0.717, 1.165) is 4.47 Å². The van der Waals surface area contributed by atoms with Gasteiger partial charge in [-0.25, -0.2) is 10.2 Å². The highest BCUT2D eigenvalue weighted by Gasteiger charge is 2.15. The average molecular weight is 540 g/mol. The summed E-state index contributed by atoms with van der Waals surface area (Å²) in [4.78, 5) is 36.5. The first-order valence-corrected chi connectivity index (χ1v) is 11.2. The second kappa shape index (κ2) is 12.3. The number of ether oxygens (including phenoxy) is 3. The molecule has 9 nitrogen and oxygen atoms in total. The fraction of sp³-hybridized carbons (Fsp3) is 0.120. The number of methoxy groups -OCH3 is 1. The minimum atomic E-state index is -0.931. The van der Waals surface area contributed by atoms with Crippen LogP contribution in [0.25, 0.3) is 0 Å². The molecule has 0 saturated heterocycles. The predicted molar refractivity (Wildman–Crippen MR) is 134 cm³/mol. The zero-order chi connectivity index (χ0) is 25.2. The van der Waals surface area contributed by atoms with Crippen molar-refractivity contribution in [2.24, 2.45) is 5.10 Å². The summed E-state index contributed by atoms with van der Waals surface area (Å²) in [7, 11) is 1.54. The molecule has 3 rings (SSSR count). The normalized spacial score (nSPS) is 10.5. The molecule has 0 aliphatic rings. The molecular formula is C25H22BrN3O6. The zero-order valence-electron chi connectivity index (χ0n) is 18.9. The van der Waals surface area contributed by atoms with E-state index >= 15 is 0 Å². The number of amides is 2. The number of halogens is 1. The Morgan fingerprint density at radius 3 is 2.31 bits per heavy atom. The SMILES string of the molecule is CCOc1cc(/C=N/NC(=O)C(=O)Nc2ccc(Br)cc2)ccc1OC(=O)c1ccc(OC)cc1. The number of esters is 1. The molecule has 0 heterocycles. The molecule has 2 amide bonds. The van der Waals surface area contributed by atoms with Crippen molar-refractivity contribution >= 4 is 45.6 Å².